The average Bonchev–Trinajstić information content (AvgIpc) is 2.20. The summed E-state index contributed by atoms with van der Waals surface area (Å²) in [5.41, 5.74) is -0.0402. The van der Waals surface area contributed by atoms with Crippen LogP contribution in [0.15, 0.2) is 12.3 Å². The summed E-state index contributed by atoms with van der Waals surface area (Å²) < 4.78 is 28.8. The first-order chi connectivity index (χ1) is 7.04. The largest absolute Gasteiger partial charge is 0.469 e. The number of methoxy groups -OCH3 is 1. The van der Waals surface area contributed by atoms with E-state index < -0.39 is 18.1 Å². The number of rotatable bonds is 3. The van der Waals surface area contributed by atoms with Gasteiger partial charge in [-0.05, 0) is 6.07 Å². The predicted octanol–water partition coefficient (Wildman–Crippen LogP) is 2.39. The second-order valence-electron chi connectivity index (χ2n) is 2.75. The molecule has 15 heavy (non-hydrogen) atoms. The Morgan fingerprint density at radius 1 is 1.67 bits per heavy atom. The van der Waals surface area contributed by atoms with Gasteiger partial charge in [0, 0.05) is 16.8 Å². The molecule has 0 radical (unpaired) electrons. The SMILES string of the molecule is COC(=O)Cc1cnc(C(F)F)cc1Cl. The number of hydrogen-bond acceptors (Lipinski definition) is 3. The Hall–Kier alpha value is -1.23. The van der Waals surface area contributed by atoms with Crippen molar-refractivity contribution in [3.63, 3.8) is 0 Å². The van der Waals surface area contributed by atoms with Crippen LogP contribution in [0, 0.1) is 0 Å². The van der Waals surface area contributed by atoms with E-state index in [0.717, 1.165) is 12.3 Å². The molecule has 1 rings (SSSR count). The highest BCUT2D eigenvalue weighted by molar-refractivity contribution is 6.31. The molecule has 0 atom stereocenters. The molecule has 1 heterocycles. The minimum atomic E-state index is -2.67. The molecular weight excluding hydrogens is 228 g/mol. The second kappa shape index (κ2) is 5.02. The summed E-state index contributed by atoms with van der Waals surface area (Å²) in [6.07, 6.45) is -1.60. The van der Waals surface area contributed by atoms with Crippen LogP contribution in [0.1, 0.15) is 17.7 Å². The highest BCUT2D eigenvalue weighted by Crippen LogP contribution is 2.22. The summed E-state index contributed by atoms with van der Waals surface area (Å²) in [4.78, 5) is 14.4. The normalized spacial score (nSPS) is 10.5. The Labute approximate surface area is 90.0 Å². The van der Waals surface area contributed by atoms with E-state index in [9.17, 15) is 13.6 Å². The van der Waals surface area contributed by atoms with Crippen molar-refractivity contribution in [1.82, 2.24) is 4.98 Å². The van der Waals surface area contributed by atoms with Crippen molar-refractivity contribution in [2.24, 2.45) is 0 Å². The molecule has 0 aliphatic heterocycles. The highest BCUT2D eigenvalue weighted by atomic mass is 35.5. The monoisotopic (exact) mass is 235 g/mol. The van der Waals surface area contributed by atoms with Gasteiger partial charge in [-0.1, -0.05) is 11.6 Å². The van der Waals surface area contributed by atoms with Crippen molar-refractivity contribution in [2.75, 3.05) is 7.11 Å². The first-order valence-electron chi connectivity index (χ1n) is 4.04. The first kappa shape index (κ1) is 11.8. The van der Waals surface area contributed by atoms with E-state index in [1.165, 1.54) is 7.11 Å². The fraction of sp³-hybridized carbons (Fsp3) is 0.333. The number of ether oxygens (including phenoxy) is 1. The molecule has 0 fully saturated rings. The molecule has 1 aromatic heterocycles. The molecule has 0 amide bonds. The molecule has 3 nitrogen and oxygen atoms in total. The predicted molar refractivity (Wildman–Crippen MR) is 49.9 cm³/mol. The van der Waals surface area contributed by atoms with Gasteiger partial charge in [0.1, 0.15) is 5.69 Å². The van der Waals surface area contributed by atoms with Gasteiger partial charge < -0.3 is 4.74 Å². The molecule has 0 aromatic carbocycles. The van der Waals surface area contributed by atoms with Gasteiger partial charge in [0.2, 0.25) is 0 Å². The Kier molecular flexibility index (Phi) is 3.96. The van der Waals surface area contributed by atoms with E-state index in [1.54, 1.807) is 0 Å². The van der Waals surface area contributed by atoms with Crippen molar-refractivity contribution in [1.29, 1.82) is 0 Å². The van der Waals surface area contributed by atoms with Crippen LogP contribution >= 0.6 is 11.6 Å². The summed E-state index contributed by atoms with van der Waals surface area (Å²) in [6, 6.07) is 1.05. The van der Waals surface area contributed by atoms with Crippen LogP contribution in [0.3, 0.4) is 0 Å². The highest BCUT2D eigenvalue weighted by Gasteiger charge is 2.13. The maximum atomic E-state index is 12.2. The van der Waals surface area contributed by atoms with Crippen LogP contribution in [0.25, 0.3) is 0 Å². The molecule has 0 aliphatic carbocycles. The zero-order valence-electron chi connectivity index (χ0n) is 7.84. The van der Waals surface area contributed by atoms with Crippen LogP contribution in [-0.2, 0) is 16.0 Å². The number of halogens is 3. The van der Waals surface area contributed by atoms with Gasteiger partial charge in [0.15, 0.2) is 0 Å². The fourth-order valence-electron chi connectivity index (χ4n) is 0.951. The summed E-state index contributed by atoms with van der Waals surface area (Å²) in [5.74, 6) is -0.497. The Morgan fingerprint density at radius 2 is 2.33 bits per heavy atom. The maximum absolute atomic E-state index is 12.2. The van der Waals surface area contributed by atoms with E-state index in [4.69, 9.17) is 11.6 Å². The van der Waals surface area contributed by atoms with E-state index in [2.05, 4.69) is 9.72 Å². The minimum absolute atomic E-state index is 0.0775. The maximum Gasteiger partial charge on any atom is 0.310 e. The molecule has 1 aromatic rings. The van der Waals surface area contributed by atoms with Gasteiger partial charge in [-0.3, -0.25) is 9.78 Å². The smallest absolute Gasteiger partial charge is 0.310 e. The molecule has 6 heteroatoms. The zero-order valence-corrected chi connectivity index (χ0v) is 8.59. The summed E-state index contributed by atoms with van der Waals surface area (Å²) in [6.45, 7) is 0. The summed E-state index contributed by atoms with van der Waals surface area (Å²) in [5, 5.41) is 0.0886. The molecule has 0 bridgehead atoms. The molecule has 0 saturated heterocycles. The Balaban J connectivity index is 2.88. The number of aromatic nitrogens is 1. The third-order valence-corrected chi connectivity index (χ3v) is 2.09. The molecule has 0 aliphatic rings. The lowest BCUT2D eigenvalue weighted by molar-refractivity contribution is -0.139. The van der Waals surface area contributed by atoms with Crippen molar-refractivity contribution in [3.8, 4) is 0 Å². The van der Waals surface area contributed by atoms with Crippen LogP contribution < -0.4 is 0 Å². The topological polar surface area (TPSA) is 39.2 Å². The quantitative estimate of drug-likeness (QED) is 0.755. The number of carbonyl (C=O) groups excluding carboxylic acids is 1. The van der Waals surface area contributed by atoms with Gasteiger partial charge >= 0.3 is 5.97 Å². The van der Waals surface area contributed by atoms with Gasteiger partial charge in [-0.2, -0.15) is 0 Å². The Bertz CT molecular complexity index is 371. The van der Waals surface area contributed by atoms with Crippen molar-refractivity contribution < 1.29 is 18.3 Å². The molecule has 0 spiro atoms. The molecule has 0 saturated carbocycles. The lowest BCUT2D eigenvalue weighted by Gasteiger charge is -2.04. The van der Waals surface area contributed by atoms with E-state index >= 15 is 0 Å². The third-order valence-electron chi connectivity index (χ3n) is 1.74. The fourth-order valence-corrected chi connectivity index (χ4v) is 1.18. The lowest BCUT2D eigenvalue weighted by atomic mass is 10.2. The van der Waals surface area contributed by atoms with Crippen molar-refractivity contribution >= 4 is 17.6 Å². The van der Waals surface area contributed by atoms with Crippen molar-refractivity contribution in [2.45, 2.75) is 12.8 Å². The van der Waals surface area contributed by atoms with Crippen LogP contribution in [0.2, 0.25) is 5.02 Å². The first-order valence-corrected chi connectivity index (χ1v) is 4.41. The number of pyridine rings is 1. The van der Waals surface area contributed by atoms with Gasteiger partial charge in [-0.25, -0.2) is 8.78 Å². The van der Waals surface area contributed by atoms with Crippen molar-refractivity contribution in [3.05, 3.63) is 28.5 Å². The van der Waals surface area contributed by atoms with E-state index in [1.807, 2.05) is 0 Å². The lowest BCUT2D eigenvalue weighted by Crippen LogP contribution is -2.06. The molecule has 82 valence electrons. The number of carbonyl (C=O) groups is 1. The molecular formula is C9H8ClF2NO2. The van der Waals surface area contributed by atoms with Gasteiger partial charge in [0.05, 0.1) is 13.5 Å². The van der Waals surface area contributed by atoms with Crippen LogP contribution in [0.4, 0.5) is 8.78 Å². The number of esters is 1. The molecule has 0 unspecified atom stereocenters. The minimum Gasteiger partial charge on any atom is -0.469 e. The summed E-state index contributed by atoms with van der Waals surface area (Å²) >= 11 is 5.69. The van der Waals surface area contributed by atoms with Crippen LogP contribution in [0.5, 0.6) is 0 Å². The Morgan fingerprint density at radius 3 is 2.80 bits per heavy atom. The second-order valence-corrected chi connectivity index (χ2v) is 3.16. The van der Waals surface area contributed by atoms with E-state index in [-0.39, 0.29) is 11.4 Å². The third kappa shape index (κ3) is 3.13. The zero-order chi connectivity index (χ0) is 11.4. The summed E-state index contributed by atoms with van der Waals surface area (Å²) in [7, 11) is 1.23. The number of nitrogens with zero attached hydrogens (tertiary/aromatic N) is 1. The van der Waals surface area contributed by atoms with Gasteiger partial charge in [0.25, 0.3) is 6.43 Å². The number of hydrogen-bond donors (Lipinski definition) is 0. The van der Waals surface area contributed by atoms with Crippen LogP contribution in [-0.4, -0.2) is 18.1 Å². The standard InChI is InChI=1S/C9H8ClF2NO2/c1-15-8(14)2-5-4-13-7(9(11)12)3-6(5)10/h3-4,9H,2H2,1H3. The van der Waals surface area contributed by atoms with Gasteiger partial charge in [-0.15, -0.1) is 0 Å². The number of alkyl halides is 2. The van der Waals surface area contributed by atoms with E-state index in [0.29, 0.717) is 5.56 Å². The average molecular weight is 236 g/mol. The molecule has 0 N–H and O–H groups in total.